The first kappa shape index (κ1) is 17.5. The molecule has 0 aliphatic heterocycles. The van der Waals surface area contributed by atoms with Gasteiger partial charge in [-0.2, -0.15) is 0 Å². The van der Waals surface area contributed by atoms with Gasteiger partial charge >= 0.3 is 0 Å². The van der Waals surface area contributed by atoms with Crippen LogP contribution in [0.3, 0.4) is 0 Å². The summed E-state index contributed by atoms with van der Waals surface area (Å²) in [7, 11) is -2.68. The van der Waals surface area contributed by atoms with Crippen LogP contribution >= 0.6 is 0 Å². The zero-order valence-corrected chi connectivity index (χ0v) is 13.8. The number of sulfonamides is 1. The Bertz CT molecular complexity index is 829. The molecule has 128 valence electrons. The van der Waals surface area contributed by atoms with Gasteiger partial charge in [0.05, 0.1) is 18.3 Å². The molecule has 8 nitrogen and oxygen atoms in total. The molecule has 2 rings (SSSR count). The van der Waals surface area contributed by atoms with Crippen LogP contribution in [0.5, 0.6) is 5.75 Å². The minimum atomic E-state index is -4.08. The molecule has 0 bridgehead atoms. The third kappa shape index (κ3) is 4.13. The van der Waals surface area contributed by atoms with Crippen LogP contribution in [0.15, 0.2) is 52.0 Å². The third-order valence-corrected chi connectivity index (χ3v) is 4.42. The molecule has 9 heteroatoms. The molecule has 1 atom stereocenters. The van der Waals surface area contributed by atoms with Crippen molar-refractivity contribution < 1.29 is 27.2 Å². The number of carbonyl (C=O) groups excluding carboxylic acids is 2. The van der Waals surface area contributed by atoms with E-state index in [9.17, 15) is 18.0 Å². The fourth-order valence-electron chi connectivity index (χ4n) is 1.79. The predicted octanol–water partition coefficient (Wildman–Crippen LogP) is 0.912. The topological polar surface area (TPSA) is 115 Å². The molecule has 0 fully saturated rings. The van der Waals surface area contributed by atoms with Gasteiger partial charge in [0.2, 0.25) is 0 Å². The first-order valence-electron chi connectivity index (χ1n) is 6.88. The highest BCUT2D eigenvalue weighted by molar-refractivity contribution is 7.90. The Morgan fingerprint density at radius 2 is 1.96 bits per heavy atom. The maximum absolute atomic E-state index is 12.2. The quantitative estimate of drug-likeness (QED) is 0.799. The Balaban J connectivity index is 2.05. The summed E-state index contributed by atoms with van der Waals surface area (Å²) >= 11 is 0. The van der Waals surface area contributed by atoms with Crippen molar-refractivity contribution in [3.63, 3.8) is 0 Å². The number of rotatable bonds is 6. The monoisotopic (exact) mass is 352 g/mol. The van der Waals surface area contributed by atoms with Gasteiger partial charge in [-0.1, -0.05) is 6.07 Å². The van der Waals surface area contributed by atoms with Crippen molar-refractivity contribution in [1.29, 1.82) is 0 Å². The number of methoxy groups -OCH3 is 1. The Hall–Kier alpha value is -2.81. The average molecular weight is 352 g/mol. The van der Waals surface area contributed by atoms with E-state index in [0.29, 0.717) is 5.75 Å². The van der Waals surface area contributed by atoms with E-state index in [1.165, 1.54) is 50.6 Å². The molecule has 0 aliphatic rings. The number of benzene rings is 1. The lowest BCUT2D eigenvalue weighted by atomic mass is 10.3. The summed E-state index contributed by atoms with van der Waals surface area (Å²) in [5.41, 5.74) is 0. The minimum Gasteiger partial charge on any atom is -0.497 e. The van der Waals surface area contributed by atoms with Crippen LogP contribution in [0.1, 0.15) is 17.5 Å². The lowest BCUT2D eigenvalue weighted by molar-refractivity contribution is -0.120. The van der Waals surface area contributed by atoms with E-state index < -0.39 is 27.9 Å². The van der Waals surface area contributed by atoms with Crippen molar-refractivity contribution in [3.8, 4) is 5.75 Å². The molecule has 24 heavy (non-hydrogen) atoms. The van der Waals surface area contributed by atoms with Crippen molar-refractivity contribution >= 4 is 21.8 Å². The summed E-state index contributed by atoms with van der Waals surface area (Å²) in [6.45, 7) is 1.36. The molecule has 0 radical (unpaired) electrons. The zero-order valence-electron chi connectivity index (χ0n) is 13.0. The summed E-state index contributed by atoms with van der Waals surface area (Å²) in [5, 5.41) is 2.34. The highest BCUT2D eigenvalue weighted by atomic mass is 32.2. The minimum absolute atomic E-state index is 0.0188. The van der Waals surface area contributed by atoms with E-state index in [2.05, 4.69) is 5.32 Å². The predicted molar refractivity (Wildman–Crippen MR) is 84.0 cm³/mol. The fraction of sp³-hybridized carbons (Fsp3) is 0.200. The number of hydrogen-bond donors (Lipinski definition) is 2. The van der Waals surface area contributed by atoms with Crippen LogP contribution in [-0.2, 0) is 14.8 Å². The highest BCUT2D eigenvalue weighted by Crippen LogP contribution is 2.16. The van der Waals surface area contributed by atoms with Gasteiger partial charge in [0.25, 0.3) is 21.8 Å². The number of furan rings is 1. The molecule has 0 saturated heterocycles. The van der Waals surface area contributed by atoms with Gasteiger partial charge < -0.3 is 14.5 Å². The van der Waals surface area contributed by atoms with Gasteiger partial charge in [-0.3, -0.25) is 9.59 Å². The molecular weight excluding hydrogens is 336 g/mol. The van der Waals surface area contributed by atoms with Crippen LogP contribution < -0.4 is 14.8 Å². The highest BCUT2D eigenvalue weighted by Gasteiger charge is 2.24. The van der Waals surface area contributed by atoms with E-state index in [4.69, 9.17) is 9.15 Å². The number of carbonyl (C=O) groups is 2. The second kappa shape index (κ2) is 7.18. The van der Waals surface area contributed by atoms with E-state index in [-0.39, 0.29) is 10.7 Å². The van der Waals surface area contributed by atoms with Crippen molar-refractivity contribution in [1.82, 2.24) is 10.0 Å². The van der Waals surface area contributed by atoms with Crippen LogP contribution in [-0.4, -0.2) is 33.4 Å². The van der Waals surface area contributed by atoms with Gasteiger partial charge in [-0.25, -0.2) is 13.1 Å². The Morgan fingerprint density at radius 3 is 2.58 bits per heavy atom. The third-order valence-electron chi connectivity index (χ3n) is 3.07. The van der Waals surface area contributed by atoms with E-state index in [1.54, 1.807) is 6.07 Å². The van der Waals surface area contributed by atoms with Crippen LogP contribution in [0.4, 0.5) is 0 Å². The molecule has 2 amide bonds. The standard InChI is InChI=1S/C15H16N2O6S/c1-10(16-15(19)13-7-4-8-23-13)14(18)17-24(20,21)12-6-3-5-11(9-12)22-2/h3-10H,1-2H3,(H,16,19)(H,17,18)/t10-/m0/s1. The van der Waals surface area contributed by atoms with Gasteiger partial charge in [-0.15, -0.1) is 0 Å². The van der Waals surface area contributed by atoms with Gasteiger partial charge in [0.15, 0.2) is 5.76 Å². The maximum Gasteiger partial charge on any atom is 0.287 e. The molecule has 1 aromatic carbocycles. The molecule has 0 unspecified atom stereocenters. The van der Waals surface area contributed by atoms with Gasteiger partial charge in [0.1, 0.15) is 11.8 Å². The Morgan fingerprint density at radius 1 is 1.21 bits per heavy atom. The number of hydrogen-bond acceptors (Lipinski definition) is 6. The van der Waals surface area contributed by atoms with Crippen LogP contribution in [0.2, 0.25) is 0 Å². The van der Waals surface area contributed by atoms with E-state index >= 15 is 0 Å². The maximum atomic E-state index is 12.2. The van der Waals surface area contributed by atoms with Crippen molar-refractivity contribution in [3.05, 3.63) is 48.4 Å². The summed E-state index contributed by atoms with van der Waals surface area (Å²) in [6.07, 6.45) is 1.31. The van der Waals surface area contributed by atoms with E-state index in [1.807, 2.05) is 4.72 Å². The lowest BCUT2D eigenvalue weighted by Crippen LogP contribution is -2.46. The first-order chi connectivity index (χ1) is 11.3. The SMILES string of the molecule is COc1cccc(S(=O)(=O)NC(=O)[C@H](C)NC(=O)c2ccco2)c1. The van der Waals surface area contributed by atoms with E-state index in [0.717, 1.165) is 0 Å². The second-order valence-electron chi connectivity index (χ2n) is 4.82. The zero-order chi connectivity index (χ0) is 17.7. The number of amides is 2. The van der Waals surface area contributed by atoms with Crippen LogP contribution in [0, 0.1) is 0 Å². The molecule has 1 aromatic heterocycles. The molecular formula is C15H16N2O6S. The molecule has 0 spiro atoms. The lowest BCUT2D eigenvalue weighted by Gasteiger charge is -2.14. The fourth-order valence-corrected chi connectivity index (χ4v) is 2.88. The normalized spacial score (nSPS) is 12.2. The van der Waals surface area contributed by atoms with Gasteiger partial charge in [0, 0.05) is 6.07 Å². The average Bonchev–Trinajstić information content (AvgIpc) is 3.09. The smallest absolute Gasteiger partial charge is 0.287 e. The molecule has 2 N–H and O–H groups in total. The number of nitrogens with one attached hydrogen (secondary N) is 2. The molecule has 1 heterocycles. The summed E-state index contributed by atoms with van der Waals surface area (Å²) in [4.78, 5) is 23.7. The first-order valence-corrected chi connectivity index (χ1v) is 8.37. The van der Waals surface area contributed by atoms with Crippen molar-refractivity contribution in [2.24, 2.45) is 0 Å². The summed E-state index contributed by atoms with van der Waals surface area (Å²) < 4.78 is 36.2. The van der Waals surface area contributed by atoms with Crippen LogP contribution in [0.25, 0.3) is 0 Å². The molecule has 0 saturated carbocycles. The molecule has 2 aromatic rings. The second-order valence-corrected chi connectivity index (χ2v) is 6.50. The Labute approximate surface area is 138 Å². The largest absolute Gasteiger partial charge is 0.497 e. The summed E-state index contributed by atoms with van der Waals surface area (Å²) in [5.74, 6) is -1.14. The number of ether oxygens (including phenoxy) is 1. The Kier molecular flexibility index (Phi) is 5.24. The summed E-state index contributed by atoms with van der Waals surface area (Å²) in [6, 6.07) is 7.53. The molecule has 0 aliphatic carbocycles. The van der Waals surface area contributed by atoms with Gasteiger partial charge in [-0.05, 0) is 31.2 Å². The van der Waals surface area contributed by atoms with Crippen molar-refractivity contribution in [2.75, 3.05) is 7.11 Å². The van der Waals surface area contributed by atoms with Crippen molar-refractivity contribution in [2.45, 2.75) is 17.9 Å².